The zero-order valence-corrected chi connectivity index (χ0v) is 18.5. The number of piperazine rings is 1. The second kappa shape index (κ2) is 9.34. The Morgan fingerprint density at radius 2 is 1.94 bits per heavy atom. The Labute approximate surface area is 187 Å². The first kappa shape index (κ1) is 20.4. The molecule has 2 saturated heterocycles. The Morgan fingerprint density at radius 1 is 1.10 bits per heavy atom. The molecule has 1 amide bonds. The lowest BCUT2D eigenvalue weighted by atomic mass is 10.1. The summed E-state index contributed by atoms with van der Waals surface area (Å²) in [4.78, 5) is 18.9. The van der Waals surface area contributed by atoms with Crippen molar-refractivity contribution >= 4 is 17.2 Å². The van der Waals surface area contributed by atoms with Gasteiger partial charge in [-0.25, -0.2) is 0 Å². The number of nitrogens with zero attached hydrogens (tertiary/aromatic N) is 4. The van der Waals surface area contributed by atoms with Crippen LogP contribution in [-0.2, 0) is 11.3 Å². The van der Waals surface area contributed by atoms with Gasteiger partial charge >= 0.3 is 0 Å². The fourth-order valence-electron chi connectivity index (χ4n) is 4.40. The van der Waals surface area contributed by atoms with E-state index in [0.29, 0.717) is 18.2 Å². The molecule has 0 spiro atoms. The molecule has 3 aromatic rings. The minimum atomic E-state index is 0.0829. The van der Waals surface area contributed by atoms with Crippen molar-refractivity contribution in [2.75, 3.05) is 39.3 Å². The van der Waals surface area contributed by atoms with Crippen molar-refractivity contribution in [2.24, 2.45) is 0 Å². The monoisotopic (exact) mass is 436 g/mol. The molecule has 7 heteroatoms. The van der Waals surface area contributed by atoms with Crippen LogP contribution in [0.1, 0.15) is 28.8 Å². The number of thiophene rings is 1. The molecule has 0 unspecified atom stereocenters. The van der Waals surface area contributed by atoms with Crippen LogP contribution in [-0.4, -0.2) is 70.9 Å². The van der Waals surface area contributed by atoms with Gasteiger partial charge < -0.3 is 9.64 Å². The van der Waals surface area contributed by atoms with Gasteiger partial charge in [-0.1, -0.05) is 36.4 Å². The topological polar surface area (TPSA) is 50.6 Å². The molecule has 0 aliphatic carbocycles. The Morgan fingerprint density at radius 3 is 2.65 bits per heavy atom. The summed E-state index contributed by atoms with van der Waals surface area (Å²) < 4.78 is 7.67. The van der Waals surface area contributed by atoms with Gasteiger partial charge in [0.15, 0.2) is 0 Å². The average Bonchev–Trinajstić information content (AvgIpc) is 3.57. The normalized spacial score (nSPS) is 19.7. The third-order valence-corrected chi connectivity index (χ3v) is 6.96. The van der Waals surface area contributed by atoms with E-state index in [0.717, 1.165) is 56.3 Å². The van der Waals surface area contributed by atoms with Crippen LogP contribution in [0.4, 0.5) is 0 Å². The number of ether oxygens (including phenoxy) is 1. The summed E-state index contributed by atoms with van der Waals surface area (Å²) in [7, 11) is 0. The van der Waals surface area contributed by atoms with Gasteiger partial charge in [0.2, 0.25) is 0 Å². The fraction of sp³-hybridized carbons (Fsp3) is 0.417. The number of amides is 1. The minimum absolute atomic E-state index is 0.0829. The number of hydrogen-bond acceptors (Lipinski definition) is 5. The van der Waals surface area contributed by atoms with Gasteiger partial charge in [0.25, 0.3) is 5.91 Å². The van der Waals surface area contributed by atoms with Gasteiger partial charge in [0.1, 0.15) is 5.69 Å². The van der Waals surface area contributed by atoms with Crippen molar-refractivity contribution in [3.63, 3.8) is 0 Å². The molecule has 0 saturated carbocycles. The summed E-state index contributed by atoms with van der Waals surface area (Å²) in [5, 5.41) is 6.83. The largest absolute Gasteiger partial charge is 0.377 e. The van der Waals surface area contributed by atoms with E-state index in [4.69, 9.17) is 9.84 Å². The summed E-state index contributed by atoms with van der Waals surface area (Å²) in [5.74, 6) is 0.0829. The molecule has 0 N–H and O–H groups in total. The first-order valence-electron chi connectivity index (χ1n) is 11.0. The van der Waals surface area contributed by atoms with E-state index in [9.17, 15) is 4.79 Å². The quantitative estimate of drug-likeness (QED) is 0.593. The number of carbonyl (C=O) groups is 1. The minimum Gasteiger partial charge on any atom is -0.377 e. The molecule has 2 fully saturated rings. The maximum Gasteiger partial charge on any atom is 0.257 e. The van der Waals surface area contributed by atoms with E-state index in [-0.39, 0.29) is 5.91 Å². The van der Waals surface area contributed by atoms with Gasteiger partial charge in [0, 0.05) is 45.5 Å². The predicted octanol–water partition coefficient (Wildman–Crippen LogP) is 3.60. The molecule has 1 atom stereocenters. The lowest BCUT2D eigenvalue weighted by Gasteiger charge is -2.35. The highest BCUT2D eigenvalue weighted by molar-refractivity contribution is 7.13. The molecular formula is C24H28N4O2S. The maximum absolute atomic E-state index is 13.5. The van der Waals surface area contributed by atoms with Gasteiger partial charge in [-0.3, -0.25) is 14.4 Å². The number of rotatable bonds is 6. The van der Waals surface area contributed by atoms with Crippen molar-refractivity contribution in [1.29, 1.82) is 0 Å². The van der Waals surface area contributed by atoms with E-state index in [1.165, 1.54) is 12.0 Å². The highest BCUT2D eigenvalue weighted by Gasteiger charge is 2.28. The highest BCUT2D eigenvalue weighted by Crippen LogP contribution is 2.28. The van der Waals surface area contributed by atoms with E-state index < -0.39 is 0 Å². The van der Waals surface area contributed by atoms with Crippen LogP contribution in [0.3, 0.4) is 0 Å². The molecule has 5 rings (SSSR count). The van der Waals surface area contributed by atoms with E-state index in [2.05, 4.69) is 17.0 Å². The van der Waals surface area contributed by atoms with Crippen molar-refractivity contribution in [1.82, 2.24) is 19.6 Å². The fourth-order valence-corrected chi connectivity index (χ4v) is 5.13. The summed E-state index contributed by atoms with van der Waals surface area (Å²) >= 11 is 1.62. The highest BCUT2D eigenvalue weighted by atomic mass is 32.1. The second-order valence-corrected chi connectivity index (χ2v) is 9.23. The van der Waals surface area contributed by atoms with E-state index in [1.807, 2.05) is 51.5 Å². The summed E-state index contributed by atoms with van der Waals surface area (Å²) in [6.07, 6.45) is 4.61. The van der Waals surface area contributed by atoms with Crippen LogP contribution >= 0.6 is 11.3 Å². The number of benzene rings is 1. The predicted molar refractivity (Wildman–Crippen MR) is 122 cm³/mol. The van der Waals surface area contributed by atoms with Gasteiger partial charge in [-0.15, -0.1) is 11.3 Å². The molecule has 0 bridgehead atoms. The van der Waals surface area contributed by atoms with E-state index >= 15 is 0 Å². The second-order valence-electron chi connectivity index (χ2n) is 8.28. The first-order valence-corrected chi connectivity index (χ1v) is 11.9. The summed E-state index contributed by atoms with van der Waals surface area (Å²) in [6.45, 7) is 5.83. The van der Waals surface area contributed by atoms with Gasteiger partial charge in [-0.2, -0.15) is 5.10 Å². The molecule has 2 aromatic heterocycles. The van der Waals surface area contributed by atoms with E-state index in [1.54, 1.807) is 11.3 Å². The van der Waals surface area contributed by atoms with Crippen LogP contribution in [0.2, 0.25) is 0 Å². The molecule has 162 valence electrons. The smallest absolute Gasteiger partial charge is 0.257 e. The van der Waals surface area contributed by atoms with Gasteiger partial charge in [-0.05, 0) is 29.9 Å². The van der Waals surface area contributed by atoms with Crippen LogP contribution in [0.25, 0.3) is 10.6 Å². The lowest BCUT2D eigenvalue weighted by molar-refractivity contribution is 0.0433. The molecule has 2 aliphatic heterocycles. The van der Waals surface area contributed by atoms with Crippen LogP contribution in [0.5, 0.6) is 0 Å². The molecular weight excluding hydrogens is 408 g/mol. The number of hydrogen-bond donors (Lipinski definition) is 0. The molecule has 4 heterocycles. The maximum atomic E-state index is 13.5. The summed E-state index contributed by atoms with van der Waals surface area (Å²) in [6, 6.07) is 14.3. The molecule has 2 aliphatic rings. The lowest BCUT2D eigenvalue weighted by Crippen LogP contribution is -2.50. The average molecular weight is 437 g/mol. The number of aromatic nitrogens is 2. The van der Waals surface area contributed by atoms with Crippen molar-refractivity contribution in [3.8, 4) is 10.6 Å². The van der Waals surface area contributed by atoms with Crippen molar-refractivity contribution in [2.45, 2.75) is 25.5 Å². The third kappa shape index (κ3) is 4.74. The van der Waals surface area contributed by atoms with Crippen molar-refractivity contribution < 1.29 is 9.53 Å². The van der Waals surface area contributed by atoms with Crippen LogP contribution < -0.4 is 0 Å². The number of carbonyl (C=O) groups excluding carboxylic acids is 1. The third-order valence-electron chi connectivity index (χ3n) is 6.08. The zero-order valence-electron chi connectivity index (χ0n) is 17.7. The SMILES string of the molecule is O=C(c1cn(Cc2ccccc2)nc1-c1cccs1)N1CCN(C[C@@H]2CCCO2)CC1. The van der Waals surface area contributed by atoms with Crippen LogP contribution in [0, 0.1) is 0 Å². The molecule has 1 aromatic carbocycles. The Hall–Kier alpha value is -2.48. The first-order chi connectivity index (χ1) is 15.3. The Bertz CT molecular complexity index is 988. The van der Waals surface area contributed by atoms with Gasteiger partial charge in [0.05, 0.1) is 23.1 Å². The summed E-state index contributed by atoms with van der Waals surface area (Å²) in [5.41, 5.74) is 2.66. The molecule has 6 nitrogen and oxygen atoms in total. The standard InChI is InChI=1S/C24H28N4O2S/c29-24(27-12-10-26(11-13-27)17-20-8-4-14-30-20)21-18-28(16-19-6-2-1-3-7-19)25-23(21)22-9-5-15-31-22/h1-3,5-7,9,15,18,20H,4,8,10-14,16-17H2/t20-/m0/s1. The Balaban J connectivity index is 1.30. The van der Waals surface area contributed by atoms with Crippen molar-refractivity contribution in [3.05, 3.63) is 65.2 Å². The van der Waals surface area contributed by atoms with Crippen LogP contribution in [0.15, 0.2) is 54.0 Å². The Kier molecular flexibility index (Phi) is 6.15. The molecule has 31 heavy (non-hydrogen) atoms. The molecule has 0 radical (unpaired) electrons. The zero-order chi connectivity index (χ0) is 21.0.